The maximum absolute atomic E-state index is 11.2. The Morgan fingerprint density at radius 2 is 2.22 bits per heavy atom. The Bertz CT molecular complexity index is 419. The van der Waals surface area contributed by atoms with Crippen LogP contribution in [-0.2, 0) is 11.2 Å². The molecule has 0 aliphatic rings. The lowest BCUT2D eigenvalue weighted by atomic mass is 10.3. The molecule has 0 spiro atoms. The van der Waals surface area contributed by atoms with E-state index in [9.17, 15) is 9.59 Å². The molecule has 0 saturated carbocycles. The summed E-state index contributed by atoms with van der Waals surface area (Å²) < 4.78 is 4.82. The summed E-state index contributed by atoms with van der Waals surface area (Å²) in [5.74, 6) is -0.425. The lowest BCUT2D eigenvalue weighted by Gasteiger charge is -2.11. The maximum atomic E-state index is 11.2. The lowest BCUT2D eigenvalue weighted by molar-refractivity contribution is -0.140. The zero-order valence-corrected chi connectivity index (χ0v) is 9.71. The molecule has 1 heterocycles. The van der Waals surface area contributed by atoms with Crippen LogP contribution in [0.15, 0.2) is 4.52 Å². The van der Waals surface area contributed by atoms with Crippen molar-refractivity contribution in [2.75, 3.05) is 13.2 Å². The third kappa shape index (κ3) is 4.37. The Labute approximate surface area is 102 Å². The minimum absolute atomic E-state index is 0.214. The summed E-state index contributed by atoms with van der Waals surface area (Å²) in [7, 11) is 0. The number of hydrogen-bond donors (Lipinski definition) is 4. The monoisotopic (exact) mass is 258 g/mol. The first kappa shape index (κ1) is 13.9. The van der Waals surface area contributed by atoms with Gasteiger partial charge in [0.05, 0.1) is 6.61 Å². The van der Waals surface area contributed by atoms with Gasteiger partial charge < -0.3 is 25.4 Å². The second-order valence-corrected chi connectivity index (χ2v) is 3.46. The van der Waals surface area contributed by atoms with Crippen LogP contribution in [0.25, 0.3) is 0 Å². The fourth-order valence-electron chi connectivity index (χ4n) is 1.12. The summed E-state index contributed by atoms with van der Waals surface area (Å²) in [4.78, 5) is 25.7. The van der Waals surface area contributed by atoms with Gasteiger partial charge in [-0.3, -0.25) is 0 Å². The minimum atomic E-state index is -1.32. The van der Waals surface area contributed by atoms with Crippen LogP contribution >= 0.6 is 0 Å². The standard InChI is InChI=1S/C9H14N4O5/c1-5-11-7(18-13-5)2-3-10-9(17)12-6(4-14)8(15)16/h6,14H,2-4H2,1H3,(H,15,16)(H2,10,12,17). The van der Waals surface area contributed by atoms with E-state index in [1.807, 2.05) is 0 Å². The summed E-state index contributed by atoms with van der Waals surface area (Å²) in [5, 5.41) is 25.4. The van der Waals surface area contributed by atoms with Crippen LogP contribution in [0.1, 0.15) is 11.7 Å². The fraction of sp³-hybridized carbons (Fsp3) is 0.556. The third-order valence-corrected chi connectivity index (χ3v) is 1.98. The highest BCUT2D eigenvalue weighted by Gasteiger charge is 2.18. The summed E-state index contributed by atoms with van der Waals surface area (Å²) in [6.07, 6.45) is 0.338. The molecule has 0 fully saturated rings. The fourth-order valence-corrected chi connectivity index (χ4v) is 1.12. The summed E-state index contributed by atoms with van der Waals surface area (Å²) in [5.41, 5.74) is 0. The predicted molar refractivity (Wildman–Crippen MR) is 57.8 cm³/mol. The quantitative estimate of drug-likeness (QED) is 0.495. The van der Waals surface area contributed by atoms with E-state index < -0.39 is 24.6 Å². The van der Waals surface area contributed by atoms with E-state index in [2.05, 4.69) is 20.8 Å². The van der Waals surface area contributed by atoms with Gasteiger partial charge in [0, 0.05) is 13.0 Å². The molecule has 0 aliphatic heterocycles. The molecule has 4 N–H and O–H groups in total. The van der Waals surface area contributed by atoms with E-state index in [4.69, 9.17) is 14.7 Å². The van der Waals surface area contributed by atoms with E-state index in [1.165, 1.54) is 0 Å². The third-order valence-electron chi connectivity index (χ3n) is 1.98. The van der Waals surface area contributed by atoms with E-state index in [0.717, 1.165) is 0 Å². The Morgan fingerprint density at radius 3 is 2.72 bits per heavy atom. The number of rotatable bonds is 6. The zero-order chi connectivity index (χ0) is 13.5. The first-order valence-corrected chi connectivity index (χ1v) is 5.20. The average molecular weight is 258 g/mol. The van der Waals surface area contributed by atoms with Crippen LogP contribution in [0.4, 0.5) is 4.79 Å². The lowest BCUT2D eigenvalue weighted by Crippen LogP contribution is -2.48. The van der Waals surface area contributed by atoms with Crippen molar-refractivity contribution in [2.24, 2.45) is 0 Å². The van der Waals surface area contributed by atoms with Gasteiger partial charge in [-0.15, -0.1) is 0 Å². The smallest absolute Gasteiger partial charge is 0.328 e. The van der Waals surface area contributed by atoms with Crippen LogP contribution in [0.3, 0.4) is 0 Å². The number of aromatic nitrogens is 2. The van der Waals surface area contributed by atoms with E-state index in [0.29, 0.717) is 18.1 Å². The minimum Gasteiger partial charge on any atom is -0.480 e. The van der Waals surface area contributed by atoms with Gasteiger partial charge in [-0.05, 0) is 6.92 Å². The van der Waals surface area contributed by atoms with Crippen molar-refractivity contribution in [1.82, 2.24) is 20.8 Å². The highest BCUT2D eigenvalue weighted by molar-refractivity contribution is 5.82. The number of urea groups is 1. The summed E-state index contributed by atoms with van der Waals surface area (Å²) in [6, 6.07) is -2.01. The SMILES string of the molecule is Cc1noc(CCNC(=O)NC(CO)C(=O)O)n1. The normalized spacial score (nSPS) is 11.9. The second-order valence-electron chi connectivity index (χ2n) is 3.46. The second kappa shape index (κ2) is 6.55. The molecule has 9 nitrogen and oxygen atoms in total. The molecular weight excluding hydrogens is 244 g/mol. The number of aliphatic hydroxyl groups excluding tert-OH is 1. The van der Waals surface area contributed by atoms with E-state index >= 15 is 0 Å². The van der Waals surface area contributed by atoms with Crippen LogP contribution in [0.2, 0.25) is 0 Å². The van der Waals surface area contributed by atoms with Crippen molar-refractivity contribution in [1.29, 1.82) is 0 Å². The zero-order valence-electron chi connectivity index (χ0n) is 9.71. The van der Waals surface area contributed by atoms with Crippen molar-refractivity contribution in [3.05, 3.63) is 11.7 Å². The molecule has 100 valence electrons. The number of carboxylic acid groups (broad SMARTS) is 1. The number of aliphatic hydroxyl groups is 1. The molecule has 1 rings (SSSR count). The molecule has 1 aromatic rings. The number of carbonyl (C=O) groups excluding carboxylic acids is 1. The van der Waals surface area contributed by atoms with Gasteiger partial charge in [-0.2, -0.15) is 4.98 Å². The van der Waals surface area contributed by atoms with E-state index in [1.54, 1.807) is 6.92 Å². The number of aryl methyl sites for hydroxylation is 1. The van der Waals surface area contributed by atoms with E-state index in [-0.39, 0.29) is 6.54 Å². The van der Waals surface area contributed by atoms with Crippen molar-refractivity contribution >= 4 is 12.0 Å². The predicted octanol–water partition coefficient (Wildman–Crippen LogP) is -1.33. The summed E-state index contributed by atoms with van der Waals surface area (Å²) >= 11 is 0. The molecule has 9 heteroatoms. The molecule has 0 aromatic carbocycles. The van der Waals surface area contributed by atoms with Gasteiger partial charge >= 0.3 is 12.0 Å². The first-order chi connectivity index (χ1) is 8.52. The van der Waals surface area contributed by atoms with Gasteiger partial charge in [0.25, 0.3) is 0 Å². The highest BCUT2D eigenvalue weighted by atomic mass is 16.5. The topological polar surface area (TPSA) is 138 Å². The van der Waals surface area contributed by atoms with Crippen molar-refractivity contribution < 1.29 is 24.3 Å². The van der Waals surface area contributed by atoms with Gasteiger partial charge in [-0.25, -0.2) is 9.59 Å². The van der Waals surface area contributed by atoms with Crippen molar-refractivity contribution in [3.8, 4) is 0 Å². The molecular formula is C9H14N4O5. The van der Waals surface area contributed by atoms with Crippen LogP contribution in [0.5, 0.6) is 0 Å². The molecule has 18 heavy (non-hydrogen) atoms. The molecule has 0 radical (unpaired) electrons. The van der Waals surface area contributed by atoms with Gasteiger partial charge in [-0.1, -0.05) is 5.16 Å². The Kier molecular flexibility index (Phi) is 5.06. The number of amides is 2. The Morgan fingerprint density at radius 1 is 1.50 bits per heavy atom. The number of aliphatic carboxylic acids is 1. The van der Waals surface area contributed by atoms with Crippen molar-refractivity contribution in [2.45, 2.75) is 19.4 Å². The Hall–Kier alpha value is -2.16. The Balaban J connectivity index is 2.26. The molecule has 1 aromatic heterocycles. The largest absolute Gasteiger partial charge is 0.480 e. The summed E-state index contributed by atoms with van der Waals surface area (Å²) in [6.45, 7) is 1.21. The molecule has 2 amide bonds. The van der Waals surface area contributed by atoms with Crippen LogP contribution in [0, 0.1) is 6.92 Å². The molecule has 1 unspecified atom stereocenters. The highest BCUT2D eigenvalue weighted by Crippen LogP contribution is 1.95. The molecule has 1 atom stereocenters. The first-order valence-electron chi connectivity index (χ1n) is 5.20. The number of carbonyl (C=O) groups is 2. The van der Waals surface area contributed by atoms with Gasteiger partial charge in [0.1, 0.15) is 0 Å². The molecule has 0 bridgehead atoms. The van der Waals surface area contributed by atoms with Crippen molar-refractivity contribution in [3.63, 3.8) is 0 Å². The number of nitrogens with zero attached hydrogens (tertiary/aromatic N) is 2. The van der Waals surface area contributed by atoms with Crippen LogP contribution < -0.4 is 10.6 Å². The van der Waals surface area contributed by atoms with Crippen LogP contribution in [-0.4, -0.2) is 51.5 Å². The number of hydrogen-bond acceptors (Lipinski definition) is 6. The molecule has 0 saturated heterocycles. The van der Waals surface area contributed by atoms with Gasteiger partial charge in [0.15, 0.2) is 11.9 Å². The maximum Gasteiger partial charge on any atom is 0.328 e. The number of carboxylic acids is 1. The van der Waals surface area contributed by atoms with Gasteiger partial charge in [0.2, 0.25) is 5.89 Å². The molecule has 0 aliphatic carbocycles. The number of nitrogens with one attached hydrogen (secondary N) is 2. The average Bonchev–Trinajstić information content (AvgIpc) is 2.71.